The lowest BCUT2D eigenvalue weighted by Crippen LogP contribution is -2.35. The number of anilines is 1. The average molecular weight is 281 g/mol. The molecule has 1 aromatic carbocycles. The minimum absolute atomic E-state index is 0.308. The molecule has 0 spiro atoms. The van der Waals surface area contributed by atoms with Crippen LogP contribution < -0.4 is 4.90 Å². The Morgan fingerprint density at radius 2 is 2.21 bits per heavy atom. The minimum atomic E-state index is -0.682. The van der Waals surface area contributed by atoms with Gasteiger partial charge in [0.25, 0.3) is 5.91 Å². The summed E-state index contributed by atoms with van der Waals surface area (Å²) in [7, 11) is 0. The summed E-state index contributed by atoms with van der Waals surface area (Å²) in [5.74, 6) is -1.60. The normalized spacial score (nSPS) is 14.3. The highest BCUT2D eigenvalue weighted by Gasteiger charge is 2.27. The molecule has 0 bridgehead atoms. The van der Waals surface area contributed by atoms with E-state index in [1.54, 1.807) is 0 Å². The van der Waals surface area contributed by atoms with Crippen molar-refractivity contribution in [1.29, 1.82) is 0 Å². The van der Waals surface area contributed by atoms with E-state index in [0.29, 0.717) is 35.5 Å². The molecule has 0 N–H and O–H groups in total. The van der Waals surface area contributed by atoms with E-state index in [1.165, 1.54) is 17.2 Å². The van der Waals surface area contributed by atoms with Crippen LogP contribution in [0.5, 0.6) is 0 Å². The van der Waals surface area contributed by atoms with Gasteiger partial charge in [0.2, 0.25) is 0 Å². The summed E-state index contributed by atoms with van der Waals surface area (Å²) in [6, 6.07) is 2.05. The molecule has 2 heterocycles. The second-order valence-corrected chi connectivity index (χ2v) is 5.01. The van der Waals surface area contributed by atoms with Gasteiger partial charge in [-0.05, 0) is 30.4 Å². The Morgan fingerprint density at radius 1 is 1.37 bits per heavy atom. The van der Waals surface area contributed by atoms with Crippen molar-refractivity contribution in [3.8, 4) is 0 Å². The molecule has 7 heteroatoms. The van der Waals surface area contributed by atoms with Gasteiger partial charge in [0.15, 0.2) is 0 Å². The van der Waals surface area contributed by atoms with Crippen LogP contribution in [0.1, 0.15) is 21.7 Å². The number of fused-ring (bicyclic) bond motifs is 1. The maximum Gasteiger partial charge on any atom is 0.271 e. The van der Waals surface area contributed by atoms with Crippen LogP contribution in [0.15, 0.2) is 18.3 Å². The van der Waals surface area contributed by atoms with Crippen molar-refractivity contribution in [3.63, 3.8) is 0 Å². The molecule has 0 saturated heterocycles. The fraction of sp³-hybridized carbons (Fsp3) is 0.250. The highest BCUT2D eigenvalue weighted by molar-refractivity contribution is 7.07. The van der Waals surface area contributed by atoms with E-state index in [4.69, 9.17) is 0 Å². The first-order valence-electron chi connectivity index (χ1n) is 5.74. The number of amides is 1. The van der Waals surface area contributed by atoms with Gasteiger partial charge in [0.05, 0.1) is 11.9 Å². The Kier molecular flexibility index (Phi) is 2.98. The maximum absolute atomic E-state index is 13.7. The van der Waals surface area contributed by atoms with Crippen LogP contribution in [0, 0.1) is 11.6 Å². The van der Waals surface area contributed by atoms with Crippen molar-refractivity contribution < 1.29 is 13.6 Å². The summed E-state index contributed by atoms with van der Waals surface area (Å²) in [6.07, 6.45) is 2.51. The van der Waals surface area contributed by atoms with Crippen molar-refractivity contribution in [2.75, 3.05) is 11.4 Å². The van der Waals surface area contributed by atoms with Gasteiger partial charge in [0.1, 0.15) is 16.5 Å². The predicted octanol–water partition coefficient (Wildman–Crippen LogP) is 2.41. The fourth-order valence-electron chi connectivity index (χ4n) is 2.22. The number of halogens is 2. The third kappa shape index (κ3) is 2.10. The lowest BCUT2D eigenvalue weighted by Gasteiger charge is -2.29. The first-order chi connectivity index (χ1) is 9.16. The Morgan fingerprint density at radius 3 is 2.95 bits per heavy atom. The van der Waals surface area contributed by atoms with Crippen LogP contribution in [-0.2, 0) is 6.42 Å². The molecule has 4 nitrogen and oxygen atoms in total. The van der Waals surface area contributed by atoms with Crippen LogP contribution in [0.25, 0.3) is 0 Å². The molecule has 19 heavy (non-hydrogen) atoms. The van der Waals surface area contributed by atoms with Gasteiger partial charge in [-0.2, -0.15) is 0 Å². The molecular formula is C12H9F2N3OS. The second kappa shape index (κ2) is 4.65. The minimum Gasteiger partial charge on any atom is -0.307 e. The topological polar surface area (TPSA) is 46.1 Å². The predicted molar refractivity (Wildman–Crippen MR) is 66.3 cm³/mol. The zero-order valence-corrected chi connectivity index (χ0v) is 10.6. The van der Waals surface area contributed by atoms with Crippen LogP contribution in [0.3, 0.4) is 0 Å². The van der Waals surface area contributed by atoms with Gasteiger partial charge in [-0.25, -0.2) is 8.78 Å². The Balaban J connectivity index is 2.05. The number of rotatable bonds is 1. The number of hydrogen-bond acceptors (Lipinski definition) is 4. The first kappa shape index (κ1) is 12.2. The van der Waals surface area contributed by atoms with E-state index in [1.807, 2.05) is 0 Å². The fourth-order valence-corrected chi connectivity index (χ4v) is 2.68. The number of aromatic nitrogens is 2. The van der Waals surface area contributed by atoms with Crippen molar-refractivity contribution >= 4 is 23.1 Å². The molecule has 1 aliphatic heterocycles. The molecule has 0 atom stereocenters. The summed E-state index contributed by atoms with van der Waals surface area (Å²) in [4.78, 5) is 14.0. The molecule has 0 radical (unpaired) electrons. The van der Waals surface area contributed by atoms with Crippen molar-refractivity contribution in [3.05, 3.63) is 40.4 Å². The molecular weight excluding hydrogens is 272 g/mol. The molecule has 0 fully saturated rings. The molecule has 1 amide bonds. The molecule has 3 rings (SSSR count). The van der Waals surface area contributed by atoms with Gasteiger partial charge in [-0.1, -0.05) is 4.49 Å². The summed E-state index contributed by atoms with van der Waals surface area (Å²) in [6.45, 7) is 0.437. The molecule has 1 aromatic heterocycles. The average Bonchev–Trinajstić information content (AvgIpc) is 2.91. The van der Waals surface area contributed by atoms with E-state index in [9.17, 15) is 13.6 Å². The summed E-state index contributed by atoms with van der Waals surface area (Å²) in [5, 5.41) is 3.60. The quantitative estimate of drug-likeness (QED) is 0.806. The van der Waals surface area contributed by atoms with Gasteiger partial charge in [-0.3, -0.25) is 4.79 Å². The van der Waals surface area contributed by atoms with Gasteiger partial charge < -0.3 is 4.90 Å². The van der Waals surface area contributed by atoms with Gasteiger partial charge in [-0.15, -0.1) is 5.10 Å². The number of hydrogen-bond donors (Lipinski definition) is 0. The standard InChI is InChI=1S/C12H9F2N3OS/c13-7-4-9(14)8-2-1-3-17(10(8)5-7)12(18)11-6-15-16-19-11/h4-6H,1-3H2. The number of benzene rings is 1. The SMILES string of the molecule is O=C(c1cnns1)N1CCCc2c(F)cc(F)cc21. The smallest absolute Gasteiger partial charge is 0.271 e. The third-order valence-corrected chi connectivity index (χ3v) is 3.71. The second-order valence-electron chi connectivity index (χ2n) is 4.23. The zero-order valence-electron chi connectivity index (χ0n) is 9.77. The van der Waals surface area contributed by atoms with E-state index in [2.05, 4.69) is 9.59 Å². The van der Waals surface area contributed by atoms with Crippen molar-refractivity contribution in [1.82, 2.24) is 9.59 Å². The lowest BCUT2D eigenvalue weighted by atomic mass is 10.0. The Labute approximate surface area is 111 Å². The molecule has 0 aliphatic carbocycles. The monoisotopic (exact) mass is 281 g/mol. The highest BCUT2D eigenvalue weighted by Crippen LogP contribution is 2.31. The van der Waals surface area contributed by atoms with Crippen molar-refractivity contribution in [2.24, 2.45) is 0 Å². The van der Waals surface area contributed by atoms with Crippen LogP contribution in [0.4, 0.5) is 14.5 Å². The van der Waals surface area contributed by atoms with Gasteiger partial charge in [0, 0.05) is 18.2 Å². The largest absolute Gasteiger partial charge is 0.307 e. The Bertz CT molecular complexity index is 630. The Hall–Kier alpha value is -1.89. The van der Waals surface area contributed by atoms with Gasteiger partial charge >= 0.3 is 0 Å². The van der Waals surface area contributed by atoms with Crippen molar-refractivity contribution in [2.45, 2.75) is 12.8 Å². The molecule has 98 valence electrons. The number of nitrogens with zero attached hydrogens (tertiary/aromatic N) is 3. The third-order valence-electron chi connectivity index (χ3n) is 3.05. The van der Waals surface area contributed by atoms with E-state index in [0.717, 1.165) is 17.6 Å². The van der Waals surface area contributed by atoms with E-state index in [-0.39, 0.29) is 5.91 Å². The number of carbonyl (C=O) groups is 1. The highest BCUT2D eigenvalue weighted by atomic mass is 32.1. The lowest BCUT2D eigenvalue weighted by molar-refractivity contribution is 0.0988. The molecule has 1 aliphatic rings. The summed E-state index contributed by atoms with van der Waals surface area (Å²) >= 11 is 0.968. The number of carbonyl (C=O) groups excluding carboxylic acids is 1. The summed E-state index contributed by atoms with van der Waals surface area (Å²) in [5.41, 5.74) is 0.695. The van der Waals surface area contributed by atoms with Crippen LogP contribution >= 0.6 is 11.5 Å². The molecule has 2 aromatic rings. The first-order valence-corrected chi connectivity index (χ1v) is 6.51. The van der Waals surface area contributed by atoms with Crippen LogP contribution in [-0.4, -0.2) is 22.0 Å². The van der Waals surface area contributed by atoms with Crippen LogP contribution in [0.2, 0.25) is 0 Å². The summed E-state index contributed by atoms with van der Waals surface area (Å²) < 4.78 is 30.7. The maximum atomic E-state index is 13.7. The van der Waals surface area contributed by atoms with E-state index < -0.39 is 11.6 Å². The zero-order chi connectivity index (χ0) is 13.4. The molecule has 0 unspecified atom stereocenters. The van der Waals surface area contributed by atoms with E-state index >= 15 is 0 Å². The molecule has 0 saturated carbocycles.